The van der Waals surface area contributed by atoms with E-state index in [9.17, 15) is 0 Å². The summed E-state index contributed by atoms with van der Waals surface area (Å²) in [7, 11) is 0. The lowest BCUT2D eigenvalue weighted by atomic mass is 10.5. The Hall–Kier alpha value is -0.160. The Morgan fingerprint density at radius 3 is 1.44 bits per heavy atom. The summed E-state index contributed by atoms with van der Waals surface area (Å²) in [6.07, 6.45) is 2.47. The van der Waals surface area contributed by atoms with Crippen LogP contribution < -0.4 is 10.6 Å². The molecule has 0 atom stereocenters. The third-order valence-corrected chi connectivity index (χ3v) is 2.29. The molecule has 0 radical (unpaired) electrons. The summed E-state index contributed by atoms with van der Waals surface area (Å²) < 4.78 is 10.9. The van der Waals surface area contributed by atoms with E-state index >= 15 is 0 Å². The van der Waals surface area contributed by atoms with Crippen molar-refractivity contribution in [2.75, 3.05) is 52.6 Å². The van der Waals surface area contributed by atoms with Crippen LogP contribution in [0, 0.1) is 0 Å². The highest BCUT2D eigenvalue weighted by Crippen LogP contribution is 1.75. The lowest BCUT2D eigenvalue weighted by molar-refractivity contribution is -0.656. The molecule has 0 unspecified atom stereocenters. The minimum atomic E-state index is 0.730. The SMILES string of the molecule is CCC[NH2+]CCOCCOCC[NH2+]CCC. The first-order valence-corrected chi connectivity index (χ1v) is 6.70. The molecule has 0 saturated heterocycles. The van der Waals surface area contributed by atoms with Gasteiger partial charge in [0.25, 0.3) is 0 Å². The van der Waals surface area contributed by atoms with Gasteiger partial charge in [-0.05, 0) is 12.8 Å². The average molecular weight is 234 g/mol. The summed E-state index contributed by atoms with van der Waals surface area (Å²) in [4.78, 5) is 0. The monoisotopic (exact) mass is 234 g/mol. The minimum absolute atomic E-state index is 0.730. The highest BCUT2D eigenvalue weighted by Gasteiger charge is 1.93. The molecule has 0 rings (SSSR count). The maximum Gasteiger partial charge on any atom is 0.0993 e. The first-order valence-electron chi connectivity index (χ1n) is 6.70. The molecule has 0 aliphatic rings. The van der Waals surface area contributed by atoms with Gasteiger partial charge in [-0.2, -0.15) is 0 Å². The first kappa shape index (κ1) is 15.8. The zero-order valence-electron chi connectivity index (χ0n) is 11.0. The summed E-state index contributed by atoms with van der Waals surface area (Å²) in [5.41, 5.74) is 0. The third-order valence-electron chi connectivity index (χ3n) is 2.29. The fourth-order valence-electron chi connectivity index (χ4n) is 1.35. The van der Waals surface area contributed by atoms with E-state index in [1.165, 1.54) is 25.9 Å². The summed E-state index contributed by atoms with van der Waals surface area (Å²) >= 11 is 0. The van der Waals surface area contributed by atoms with Gasteiger partial charge in [0.05, 0.1) is 52.6 Å². The largest absolute Gasteiger partial charge is 0.373 e. The third kappa shape index (κ3) is 13.8. The van der Waals surface area contributed by atoms with Gasteiger partial charge in [-0.1, -0.05) is 13.8 Å². The van der Waals surface area contributed by atoms with Gasteiger partial charge in [-0.15, -0.1) is 0 Å². The molecule has 98 valence electrons. The van der Waals surface area contributed by atoms with Crippen molar-refractivity contribution >= 4 is 0 Å². The molecule has 0 heterocycles. The predicted octanol–water partition coefficient (Wildman–Crippen LogP) is -1.03. The molecule has 0 bridgehead atoms. The number of hydrogen-bond acceptors (Lipinski definition) is 2. The van der Waals surface area contributed by atoms with Crippen molar-refractivity contribution in [1.82, 2.24) is 0 Å². The van der Waals surface area contributed by atoms with Gasteiger partial charge in [0.15, 0.2) is 0 Å². The van der Waals surface area contributed by atoms with Crippen molar-refractivity contribution in [2.45, 2.75) is 26.7 Å². The van der Waals surface area contributed by atoms with Crippen molar-refractivity contribution in [2.24, 2.45) is 0 Å². The summed E-state index contributed by atoms with van der Waals surface area (Å²) in [5, 5.41) is 4.58. The van der Waals surface area contributed by atoms with Crippen LogP contribution in [0.25, 0.3) is 0 Å². The van der Waals surface area contributed by atoms with E-state index in [1.54, 1.807) is 0 Å². The molecule has 4 heteroatoms. The first-order chi connectivity index (χ1) is 7.91. The molecule has 0 aromatic rings. The maximum atomic E-state index is 5.44. The van der Waals surface area contributed by atoms with Gasteiger partial charge >= 0.3 is 0 Å². The van der Waals surface area contributed by atoms with Crippen LogP contribution in [0.4, 0.5) is 0 Å². The Morgan fingerprint density at radius 1 is 0.625 bits per heavy atom. The molecule has 0 spiro atoms. The molecule has 0 aliphatic carbocycles. The van der Waals surface area contributed by atoms with Crippen molar-refractivity contribution < 1.29 is 20.1 Å². The van der Waals surface area contributed by atoms with Crippen LogP contribution in [0.5, 0.6) is 0 Å². The van der Waals surface area contributed by atoms with Crippen molar-refractivity contribution in [3.8, 4) is 0 Å². The smallest absolute Gasteiger partial charge is 0.0993 e. The Labute approximate surface area is 100 Å². The summed E-state index contributed by atoms with van der Waals surface area (Å²) in [5.74, 6) is 0. The Morgan fingerprint density at radius 2 is 1.06 bits per heavy atom. The highest BCUT2D eigenvalue weighted by atomic mass is 16.5. The predicted molar refractivity (Wildman–Crippen MR) is 65.5 cm³/mol. The molecule has 0 aromatic carbocycles. The van der Waals surface area contributed by atoms with E-state index in [1.807, 2.05) is 0 Å². The van der Waals surface area contributed by atoms with Crippen LogP contribution >= 0.6 is 0 Å². The topological polar surface area (TPSA) is 51.7 Å². The zero-order valence-corrected chi connectivity index (χ0v) is 11.0. The molecule has 16 heavy (non-hydrogen) atoms. The quantitative estimate of drug-likeness (QED) is 0.400. The van der Waals surface area contributed by atoms with E-state index < -0.39 is 0 Å². The fourth-order valence-corrected chi connectivity index (χ4v) is 1.35. The molecule has 0 saturated carbocycles. The molecule has 4 nitrogen and oxygen atoms in total. The molecular formula is C12H30N2O2+2. The van der Waals surface area contributed by atoms with E-state index in [4.69, 9.17) is 9.47 Å². The van der Waals surface area contributed by atoms with E-state index in [0.717, 1.165) is 39.5 Å². The van der Waals surface area contributed by atoms with Crippen LogP contribution in [-0.2, 0) is 9.47 Å². The second-order valence-corrected chi connectivity index (χ2v) is 3.96. The number of ether oxygens (including phenoxy) is 2. The number of quaternary nitrogens is 2. The molecule has 0 aromatic heterocycles. The van der Waals surface area contributed by atoms with Crippen molar-refractivity contribution in [1.29, 1.82) is 0 Å². The number of hydrogen-bond donors (Lipinski definition) is 2. The average Bonchev–Trinajstić information content (AvgIpc) is 2.31. The van der Waals surface area contributed by atoms with Gasteiger partial charge in [0.1, 0.15) is 0 Å². The second kappa shape index (κ2) is 14.8. The van der Waals surface area contributed by atoms with Gasteiger partial charge in [0.2, 0.25) is 0 Å². The van der Waals surface area contributed by atoms with Gasteiger partial charge in [-0.3, -0.25) is 0 Å². The zero-order chi connectivity index (χ0) is 11.9. The maximum absolute atomic E-state index is 5.44. The molecular weight excluding hydrogens is 204 g/mol. The van der Waals surface area contributed by atoms with Crippen LogP contribution in [0.2, 0.25) is 0 Å². The van der Waals surface area contributed by atoms with Gasteiger partial charge in [0, 0.05) is 0 Å². The molecule has 4 N–H and O–H groups in total. The number of rotatable bonds is 13. The van der Waals surface area contributed by atoms with Crippen molar-refractivity contribution in [3.63, 3.8) is 0 Å². The molecule has 0 amide bonds. The van der Waals surface area contributed by atoms with E-state index in [2.05, 4.69) is 24.5 Å². The van der Waals surface area contributed by atoms with Crippen LogP contribution in [-0.4, -0.2) is 52.6 Å². The lowest BCUT2D eigenvalue weighted by Gasteiger charge is -2.05. The van der Waals surface area contributed by atoms with E-state index in [0.29, 0.717) is 0 Å². The molecule has 0 fully saturated rings. The van der Waals surface area contributed by atoms with Crippen molar-refractivity contribution in [3.05, 3.63) is 0 Å². The van der Waals surface area contributed by atoms with Crippen LogP contribution in [0.1, 0.15) is 26.7 Å². The second-order valence-electron chi connectivity index (χ2n) is 3.96. The summed E-state index contributed by atoms with van der Waals surface area (Å²) in [6.45, 7) is 12.1. The highest BCUT2D eigenvalue weighted by molar-refractivity contribution is 4.31. The van der Waals surface area contributed by atoms with Crippen LogP contribution in [0.3, 0.4) is 0 Å². The number of nitrogens with two attached hydrogens (primary N) is 2. The van der Waals surface area contributed by atoms with Gasteiger partial charge < -0.3 is 20.1 Å². The Balaban J connectivity index is 2.83. The van der Waals surface area contributed by atoms with E-state index in [-0.39, 0.29) is 0 Å². The Bertz CT molecular complexity index is 110. The fraction of sp³-hybridized carbons (Fsp3) is 1.00. The van der Waals surface area contributed by atoms with Crippen LogP contribution in [0.15, 0.2) is 0 Å². The van der Waals surface area contributed by atoms with Gasteiger partial charge in [-0.25, -0.2) is 0 Å². The minimum Gasteiger partial charge on any atom is -0.373 e. The lowest BCUT2D eigenvalue weighted by Crippen LogP contribution is -2.85. The standard InChI is InChI=1S/C12H28N2O2/c1-3-5-13-7-9-15-11-12-16-10-8-14-6-4-2/h13-14H,3-12H2,1-2H3/p+2. The Kier molecular flexibility index (Phi) is 14.7. The normalized spacial score (nSPS) is 10.9. The summed E-state index contributed by atoms with van der Waals surface area (Å²) in [6, 6.07) is 0. The molecule has 0 aliphatic heterocycles.